The Kier molecular flexibility index (Phi) is 57.8. The first-order valence-electron chi connectivity index (χ1n) is 30.7. The summed E-state index contributed by atoms with van der Waals surface area (Å²) in [5.74, 6) is -0.886. The fourth-order valence-electron chi connectivity index (χ4n) is 8.54. The van der Waals surface area contributed by atoms with E-state index in [9.17, 15) is 14.4 Å². The lowest BCUT2D eigenvalue weighted by molar-refractivity contribution is -0.167. The van der Waals surface area contributed by atoms with Gasteiger partial charge in [0.1, 0.15) is 13.2 Å². The molecule has 0 N–H and O–H groups in total. The minimum atomic E-state index is -0.781. The quantitative estimate of drug-likeness (QED) is 0.0261. The van der Waals surface area contributed by atoms with Crippen LogP contribution >= 0.6 is 0 Å². The number of ether oxygens (including phenoxy) is 3. The molecule has 0 heterocycles. The molecular weight excluding hydrogens is 901 g/mol. The number of hydrogen-bond acceptors (Lipinski definition) is 6. The van der Waals surface area contributed by atoms with E-state index < -0.39 is 6.10 Å². The first-order valence-corrected chi connectivity index (χ1v) is 30.7. The minimum Gasteiger partial charge on any atom is -0.462 e. The zero-order valence-electron chi connectivity index (χ0n) is 47.9. The topological polar surface area (TPSA) is 78.9 Å². The monoisotopic (exact) mass is 1010 g/mol. The summed E-state index contributed by atoms with van der Waals surface area (Å²) in [7, 11) is 0. The SMILES string of the molecule is CC/C=C\C/C=C\C/C=C\C/C=C\C/C=C\CCCCCCCCCCCCCCCC(=O)OCC(COC(=O)CCCCCCCCCCC)OC(=O)CCCCCCCCC/C=C\C/C=C\C/C=C\CC. The molecule has 0 saturated carbocycles. The van der Waals surface area contributed by atoms with E-state index >= 15 is 0 Å². The lowest BCUT2D eigenvalue weighted by atomic mass is 10.0. The van der Waals surface area contributed by atoms with Gasteiger partial charge in [0.05, 0.1) is 0 Å². The van der Waals surface area contributed by atoms with Crippen molar-refractivity contribution in [3.8, 4) is 0 Å². The Morgan fingerprint density at radius 3 is 0.836 bits per heavy atom. The summed E-state index contributed by atoms with van der Waals surface area (Å²) < 4.78 is 16.9. The zero-order valence-corrected chi connectivity index (χ0v) is 47.9. The Hall–Kier alpha value is -3.67. The van der Waals surface area contributed by atoms with Gasteiger partial charge in [0, 0.05) is 19.3 Å². The van der Waals surface area contributed by atoms with Gasteiger partial charge in [-0.1, -0.05) is 272 Å². The van der Waals surface area contributed by atoms with Crippen LogP contribution in [-0.2, 0) is 28.6 Å². The van der Waals surface area contributed by atoms with E-state index in [0.29, 0.717) is 19.3 Å². The highest BCUT2D eigenvalue weighted by molar-refractivity contribution is 5.71. The molecule has 0 aromatic heterocycles. The summed E-state index contributed by atoms with van der Waals surface area (Å²) in [6.45, 7) is 6.40. The maximum absolute atomic E-state index is 12.8. The van der Waals surface area contributed by atoms with Crippen molar-refractivity contribution in [2.75, 3.05) is 13.2 Å². The molecule has 0 aliphatic heterocycles. The highest BCUT2D eigenvalue weighted by atomic mass is 16.6. The molecule has 0 spiro atoms. The third-order valence-corrected chi connectivity index (χ3v) is 13.1. The van der Waals surface area contributed by atoms with E-state index in [1.54, 1.807) is 0 Å². The van der Waals surface area contributed by atoms with Crippen LogP contribution in [0, 0.1) is 0 Å². The molecular formula is C67H114O6. The van der Waals surface area contributed by atoms with Crippen molar-refractivity contribution in [1.82, 2.24) is 0 Å². The Balaban J connectivity index is 4.18. The normalized spacial score (nSPS) is 12.8. The minimum absolute atomic E-state index is 0.0791. The largest absolute Gasteiger partial charge is 0.462 e. The van der Waals surface area contributed by atoms with Crippen LogP contribution in [0.4, 0.5) is 0 Å². The molecule has 0 aromatic carbocycles. The van der Waals surface area contributed by atoms with Crippen LogP contribution in [-0.4, -0.2) is 37.2 Å². The van der Waals surface area contributed by atoms with E-state index in [-0.39, 0.29) is 31.1 Å². The Morgan fingerprint density at radius 2 is 0.534 bits per heavy atom. The number of rotatable bonds is 55. The lowest BCUT2D eigenvalue weighted by Crippen LogP contribution is -2.30. The van der Waals surface area contributed by atoms with Gasteiger partial charge in [-0.3, -0.25) is 14.4 Å². The maximum Gasteiger partial charge on any atom is 0.306 e. The lowest BCUT2D eigenvalue weighted by Gasteiger charge is -2.18. The molecule has 0 radical (unpaired) electrons. The van der Waals surface area contributed by atoms with Gasteiger partial charge < -0.3 is 14.2 Å². The number of hydrogen-bond donors (Lipinski definition) is 0. The Morgan fingerprint density at radius 1 is 0.288 bits per heavy atom. The number of carbonyl (C=O) groups excluding carboxylic acids is 3. The van der Waals surface area contributed by atoms with Crippen LogP contribution in [0.1, 0.15) is 290 Å². The fraction of sp³-hybridized carbons (Fsp3) is 0.716. The van der Waals surface area contributed by atoms with Gasteiger partial charge in [-0.2, -0.15) is 0 Å². The molecule has 6 nitrogen and oxygen atoms in total. The molecule has 418 valence electrons. The molecule has 0 rings (SSSR count). The van der Waals surface area contributed by atoms with Gasteiger partial charge in [0.25, 0.3) is 0 Å². The molecule has 6 heteroatoms. The summed E-state index contributed by atoms with van der Waals surface area (Å²) in [5, 5.41) is 0. The summed E-state index contributed by atoms with van der Waals surface area (Å²) in [6, 6.07) is 0. The molecule has 0 aliphatic rings. The van der Waals surface area contributed by atoms with Gasteiger partial charge in [-0.25, -0.2) is 0 Å². The smallest absolute Gasteiger partial charge is 0.306 e. The van der Waals surface area contributed by atoms with Gasteiger partial charge in [-0.15, -0.1) is 0 Å². The van der Waals surface area contributed by atoms with Crippen LogP contribution in [0.2, 0.25) is 0 Å². The van der Waals surface area contributed by atoms with Crippen LogP contribution in [0.5, 0.6) is 0 Å². The molecule has 0 aliphatic carbocycles. The summed E-state index contributed by atoms with van der Waals surface area (Å²) in [4.78, 5) is 38.1. The van der Waals surface area contributed by atoms with Gasteiger partial charge in [0.15, 0.2) is 6.10 Å². The van der Waals surface area contributed by atoms with Gasteiger partial charge >= 0.3 is 17.9 Å². The van der Waals surface area contributed by atoms with Crippen LogP contribution < -0.4 is 0 Å². The first-order chi connectivity index (χ1) is 36.0. The highest BCUT2D eigenvalue weighted by Gasteiger charge is 2.19. The Bertz CT molecular complexity index is 1440. The fourth-order valence-corrected chi connectivity index (χ4v) is 8.54. The summed E-state index contributed by atoms with van der Waals surface area (Å²) in [5.41, 5.74) is 0. The molecule has 73 heavy (non-hydrogen) atoms. The average molecular weight is 1020 g/mol. The van der Waals surface area contributed by atoms with Crippen LogP contribution in [0.3, 0.4) is 0 Å². The average Bonchev–Trinajstić information content (AvgIpc) is 3.39. The molecule has 0 amide bonds. The van der Waals surface area contributed by atoms with E-state index in [1.807, 2.05) is 0 Å². The zero-order chi connectivity index (χ0) is 52.9. The third-order valence-electron chi connectivity index (χ3n) is 13.1. The summed E-state index contributed by atoms with van der Waals surface area (Å²) >= 11 is 0. The molecule has 0 aromatic rings. The number of unbranched alkanes of at least 4 members (excludes halogenated alkanes) is 28. The molecule has 0 fully saturated rings. The molecule has 1 atom stereocenters. The molecule has 0 bridgehead atoms. The van der Waals surface area contributed by atoms with Crippen molar-refractivity contribution in [2.45, 2.75) is 297 Å². The van der Waals surface area contributed by atoms with E-state index in [1.165, 1.54) is 135 Å². The number of allylic oxidation sites excluding steroid dienone is 16. The predicted molar refractivity (Wildman–Crippen MR) is 316 cm³/mol. The number of esters is 3. The van der Waals surface area contributed by atoms with E-state index in [2.05, 4.69) is 118 Å². The second-order valence-corrected chi connectivity index (χ2v) is 20.2. The van der Waals surface area contributed by atoms with Crippen molar-refractivity contribution < 1.29 is 28.6 Å². The van der Waals surface area contributed by atoms with E-state index in [0.717, 1.165) is 116 Å². The van der Waals surface area contributed by atoms with Crippen molar-refractivity contribution >= 4 is 17.9 Å². The second kappa shape index (κ2) is 60.9. The maximum atomic E-state index is 12.8. The van der Waals surface area contributed by atoms with Crippen molar-refractivity contribution in [3.05, 3.63) is 97.2 Å². The first kappa shape index (κ1) is 69.3. The third kappa shape index (κ3) is 59.1. The standard InChI is InChI=1S/C67H114O6/c1-4-7-10-13-16-19-21-23-25-27-28-29-30-31-32-33-34-35-36-37-38-40-41-43-45-48-51-54-57-60-66(69)72-63-64(62-71-65(68)59-56-53-50-47-18-15-12-9-6-3)73-67(70)61-58-55-52-49-46-44-42-39-26-24-22-20-17-14-11-8-5-2/h7-8,10-11,16-17,19-20,23-26,28-29,31-32,64H,4-6,9,12-15,18,21-22,27,30,33-63H2,1-3H3/b10-7-,11-8-,19-16-,20-17-,25-23-,26-24-,29-28-,32-31-. The molecule has 0 saturated heterocycles. The van der Waals surface area contributed by atoms with Gasteiger partial charge in [0.2, 0.25) is 0 Å². The van der Waals surface area contributed by atoms with Crippen molar-refractivity contribution in [1.29, 1.82) is 0 Å². The second-order valence-electron chi connectivity index (χ2n) is 20.2. The van der Waals surface area contributed by atoms with E-state index in [4.69, 9.17) is 14.2 Å². The van der Waals surface area contributed by atoms with Crippen LogP contribution in [0.15, 0.2) is 97.2 Å². The predicted octanol–water partition coefficient (Wildman–Crippen LogP) is 20.9. The summed E-state index contributed by atoms with van der Waals surface area (Å²) in [6.07, 6.45) is 81.3. The van der Waals surface area contributed by atoms with Crippen LogP contribution in [0.25, 0.3) is 0 Å². The highest BCUT2D eigenvalue weighted by Crippen LogP contribution is 2.16. The Labute approximate surface area is 451 Å². The number of carbonyl (C=O) groups is 3. The van der Waals surface area contributed by atoms with Crippen molar-refractivity contribution in [2.24, 2.45) is 0 Å². The van der Waals surface area contributed by atoms with Crippen molar-refractivity contribution in [3.63, 3.8) is 0 Å². The molecule has 1 unspecified atom stereocenters. The van der Waals surface area contributed by atoms with Gasteiger partial charge in [-0.05, 0) is 96.3 Å².